The summed E-state index contributed by atoms with van der Waals surface area (Å²) in [5.41, 5.74) is 8.89. The minimum atomic E-state index is 0.0892. The monoisotopic (exact) mass is 273 g/mol. The lowest BCUT2D eigenvalue weighted by atomic mass is 9.87. The summed E-state index contributed by atoms with van der Waals surface area (Å²) in [5, 5.41) is 4.36. The van der Waals surface area contributed by atoms with Gasteiger partial charge >= 0.3 is 0 Å². The molecule has 0 saturated carbocycles. The standard InChI is InChI=1S/C16H23N3O/c1-6-13-14(17)15(19(5)18-13)20-12-9-7-8-11(10-12)16(2,3)4/h7-10H,6,17H2,1-5H3. The minimum Gasteiger partial charge on any atom is -0.437 e. The summed E-state index contributed by atoms with van der Waals surface area (Å²) in [6.45, 7) is 8.57. The van der Waals surface area contributed by atoms with Crippen molar-refractivity contribution in [1.29, 1.82) is 0 Å². The van der Waals surface area contributed by atoms with Crippen LogP contribution in [0.4, 0.5) is 5.69 Å². The first-order valence-corrected chi connectivity index (χ1v) is 6.92. The summed E-state index contributed by atoms with van der Waals surface area (Å²) >= 11 is 0. The number of aromatic nitrogens is 2. The quantitative estimate of drug-likeness (QED) is 0.928. The second kappa shape index (κ2) is 5.19. The summed E-state index contributed by atoms with van der Waals surface area (Å²) in [4.78, 5) is 0. The molecule has 0 saturated heterocycles. The van der Waals surface area contributed by atoms with Gasteiger partial charge in [0, 0.05) is 7.05 Å². The zero-order valence-corrected chi connectivity index (χ0v) is 12.9. The van der Waals surface area contributed by atoms with Gasteiger partial charge in [-0.25, -0.2) is 4.68 Å². The van der Waals surface area contributed by atoms with Crippen molar-refractivity contribution in [2.75, 3.05) is 5.73 Å². The van der Waals surface area contributed by atoms with Crippen molar-refractivity contribution >= 4 is 5.69 Å². The van der Waals surface area contributed by atoms with Gasteiger partial charge in [-0.3, -0.25) is 0 Å². The molecule has 0 radical (unpaired) electrons. The van der Waals surface area contributed by atoms with E-state index in [1.165, 1.54) is 5.56 Å². The second-order valence-corrected chi connectivity index (χ2v) is 6.02. The molecule has 4 heteroatoms. The van der Waals surface area contributed by atoms with Crippen molar-refractivity contribution in [1.82, 2.24) is 9.78 Å². The maximum atomic E-state index is 6.08. The van der Waals surface area contributed by atoms with E-state index in [0.29, 0.717) is 11.6 Å². The van der Waals surface area contributed by atoms with Crippen LogP contribution >= 0.6 is 0 Å². The summed E-state index contributed by atoms with van der Waals surface area (Å²) in [5.74, 6) is 1.39. The van der Waals surface area contributed by atoms with Crippen molar-refractivity contribution in [3.8, 4) is 11.6 Å². The number of benzene rings is 1. The Bertz CT molecular complexity index is 609. The Morgan fingerprint density at radius 2 is 2.00 bits per heavy atom. The van der Waals surface area contributed by atoms with Gasteiger partial charge in [-0.2, -0.15) is 5.10 Å². The third-order valence-corrected chi connectivity index (χ3v) is 3.36. The van der Waals surface area contributed by atoms with E-state index in [2.05, 4.69) is 38.0 Å². The lowest BCUT2D eigenvalue weighted by Crippen LogP contribution is -2.10. The smallest absolute Gasteiger partial charge is 0.241 e. The van der Waals surface area contributed by atoms with Crippen LogP contribution in [0.2, 0.25) is 0 Å². The van der Waals surface area contributed by atoms with E-state index in [9.17, 15) is 0 Å². The highest BCUT2D eigenvalue weighted by Crippen LogP contribution is 2.32. The molecular weight excluding hydrogens is 250 g/mol. The third-order valence-electron chi connectivity index (χ3n) is 3.36. The Morgan fingerprint density at radius 3 is 2.55 bits per heavy atom. The predicted octanol–water partition coefficient (Wildman–Crippen LogP) is 3.65. The number of aryl methyl sites for hydroxylation is 2. The van der Waals surface area contributed by atoms with Gasteiger partial charge in [-0.05, 0) is 29.5 Å². The van der Waals surface area contributed by atoms with Crippen molar-refractivity contribution < 1.29 is 4.74 Å². The second-order valence-electron chi connectivity index (χ2n) is 6.02. The maximum absolute atomic E-state index is 6.08. The molecular formula is C16H23N3O. The highest BCUT2D eigenvalue weighted by atomic mass is 16.5. The Kier molecular flexibility index (Phi) is 3.75. The van der Waals surface area contributed by atoms with E-state index in [4.69, 9.17) is 10.5 Å². The van der Waals surface area contributed by atoms with Crippen molar-refractivity contribution in [3.63, 3.8) is 0 Å². The van der Waals surface area contributed by atoms with Crippen LogP contribution in [-0.2, 0) is 18.9 Å². The van der Waals surface area contributed by atoms with Crippen LogP contribution in [0.15, 0.2) is 24.3 Å². The van der Waals surface area contributed by atoms with Crippen LogP contribution in [0.25, 0.3) is 0 Å². The first-order valence-electron chi connectivity index (χ1n) is 6.92. The third kappa shape index (κ3) is 2.79. The highest BCUT2D eigenvalue weighted by Gasteiger charge is 2.17. The van der Waals surface area contributed by atoms with Gasteiger partial charge in [0.25, 0.3) is 0 Å². The Labute approximate surface area is 120 Å². The molecule has 0 amide bonds. The zero-order chi connectivity index (χ0) is 14.9. The number of rotatable bonds is 3. The number of hydrogen-bond acceptors (Lipinski definition) is 3. The molecule has 0 spiro atoms. The molecule has 1 heterocycles. The van der Waals surface area contributed by atoms with Gasteiger partial charge in [-0.15, -0.1) is 0 Å². The van der Waals surface area contributed by atoms with E-state index >= 15 is 0 Å². The van der Waals surface area contributed by atoms with Gasteiger partial charge in [0.1, 0.15) is 11.4 Å². The molecule has 20 heavy (non-hydrogen) atoms. The van der Waals surface area contributed by atoms with Gasteiger partial charge in [0.05, 0.1) is 5.69 Å². The molecule has 1 aromatic heterocycles. The van der Waals surface area contributed by atoms with Gasteiger partial charge in [0.15, 0.2) is 0 Å². The normalized spacial score (nSPS) is 11.7. The molecule has 0 aliphatic rings. The average Bonchev–Trinajstić information content (AvgIpc) is 2.65. The fourth-order valence-corrected chi connectivity index (χ4v) is 2.10. The zero-order valence-electron chi connectivity index (χ0n) is 12.9. The molecule has 2 N–H and O–H groups in total. The molecule has 0 bridgehead atoms. The van der Waals surface area contributed by atoms with Crippen LogP contribution in [0.1, 0.15) is 39.0 Å². The molecule has 0 aliphatic carbocycles. The number of nitrogens with zero attached hydrogens (tertiary/aromatic N) is 2. The fraction of sp³-hybridized carbons (Fsp3) is 0.438. The minimum absolute atomic E-state index is 0.0892. The van der Waals surface area contributed by atoms with E-state index in [-0.39, 0.29) is 5.41 Å². The van der Waals surface area contributed by atoms with Gasteiger partial charge in [-0.1, -0.05) is 39.8 Å². The largest absolute Gasteiger partial charge is 0.437 e. The number of hydrogen-bond donors (Lipinski definition) is 1. The van der Waals surface area contributed by atoms with E-state index in [1.807, 2.05) is 26.1 Å². The van der Waals surface area contributed by atoms with Crippen LogP contribution in [-0.4, -0.2) is 9.78 Å². The van der Waals surface area contributed by atoms with Gasteiger partial charge in [0.2, 0.25) is 5.88 Å². The van der Waals surface area contributed by atoms with Crippen LogP contribution in [0, 0.1) is 0 Å². The molecule has 2 rings (SSSR count). The molecule has 0 atom stereocenters. The maximum Gasteiger partial charge on any atom is 0.241 e. The number of nitrogens with two attached hydrogens (primary N) is 1. The van der Waals surface area contributed by atoms with E-state index in [1.54, 1.807) is 4.68 Å². The summed E-state index contributed by atoms with van der Waals surface area (Å²) < 4.78 is 7.63. The Balaban J connectivity index is 2.33. The fourth-order valence-electron chi connectivity index (χ4n) is 2.10. The van der Waals surface area contributed by atoms with Crippen molar-refractivity contribution in [2.45, 2.75) is 39.5 Å². The highest BCUT2D eigenvalue weighted by molar-refractivity contribution is 5.54. The lowest BCUT2D eigenvalue weighted by molar-refractivity contribution is 0.430. The molecule has 108 valence electrons. The summed E-state index contributed by atoms with van der Waals surface area (Å²) in [7, 11) is 1.85. The predicted molar refractivity (Wildman–Crippen MR) is 82.2 cm³/mol. The van der Waals surface area contributed by atoms with Crippen molar-refractivity contribution in [2.24, 2.45) is 7.05 Å². The number of ether oxygens (including phenoxy) is 1. The van der Waals surface area contributed by atoms with Gasteiger partial charge < -0.3 is 10.5 Å². The van der Waals surface area contributed by atoms with Crippen molar-refractivity contribution in [3.05, 3.63) is 35.5 Å². The molecule has 0 fully saturated rings. The molecule has 0 aliphatic heterocycles. The molecule has 0 unspecified atom stereocenters. The SMILES string of the molecule is CCc1nn(C)c(Oc2cccc(C(C)(C)C)c2)c1N. The Morgan fingerprint density at radius 1 is 1.30 bits per heavy atom. The van der Waals surface area contributed by atoms with E-state index < -0.39 is 0 Å². The summed E-state index contributed by atoms with van der Waals surface area (Å²) in [6.07, 6.45) is 0.797. The Hall–Kier alpha value is -1.97. The van der Waals surface area contributed by atoms with Crippen LogP contribution in [0.5, 0.6) is 11.6 Å². The first kappa shape index (κ1) is 14.4. The number of nitrogen functional groups attached to an aromatic ring is 1. The topological polar surface area (TPSA) is 53.1 Å². The molecule has 1 aromatic carbocycles. The molecule has 2 aromatic rings. The number of anilines is 1. The van der Waals surface area contributed by atoms with E-state index in [0.717, 1.165) is 17.9 Å². The van der Waals surface area contributed by atoms with Crippen LogP contribution in [0.3, 0.4) is 0 Å². The summed E-state index contributed by atoms with van der Waals surface area (Å²) in [6, 6.07) is 8.10. The first-order chi connectivity index (χ1) is 9.32. The lowest BCUT2D eigenvalue weighted by Gasteiger charge is -2.19. The average molecular weight is 273 g/mol. The molecule has 4 nitrogen and oxygen atoms in total. The van der Waals surface area contributed by atoms with Crippen LogP contribution < -0.4 is 10.5 Å².